The Kier molecular flexibility index (Phi) is 6.47. The van der Waals surface area contributed by atoms with Gasteiger partial charge in [-0.3, -0.25) is 4.79 Å². The number of halogens is 1. The van der Waals surface area contributed by atoms with Crippen LogP contribution in [0.15, 0.2) is 66.7 Å². The maximum absolute atomic E-state index is 13.5. The number of rotatable bonds is 5. The van der Waals surface area contributed by atoms with Gasteiger partial charge in [0.15, 0.2) is 6.61 Å². The molecule has 5 heteroatoms. The molecule has 180 valence electrons. The summed E-state index contributed by atoms with van der Waals surface area (Å²) >= 11 is 0. The summed E-state index contributed by atoms with van der Waals surface area (Å²) in [5.74, 6) is -1.04. The zero-order valence-corrected chi connectivity index (χ0v) is 20.3. The first kappa shape index (κ1) is 23.6. The summed E-state index contributed by atoms with van der Waals surface area (Å²) in [4.78, 5) is 31.2. The van der Waals surface area contributed by atoms with Crippen LogP contribution < -0.4 is 0 Å². The van der Waals surface area contributed by atoms with Crippen LogP contribution in [0.5, 0.6) is 0 Å². The van der Waals surface area contributed by atoms with Crippen LogP contribution in [-0.2, 0) is 11.2 Å². The second kappa shape index (κ2) is 9.86. The van der Waals surface area contributed by atoms with Gasteiger partial charge >= 0.3 is 5.97 Å². The maximum atomic E-state index is 13.5. The topological polar surface area (TPSA) is 56.3 Å². The number of allylic oxidation sites excluding steroid dienone is 1. The van der Waals surface area contributed by atoms with E-state index >= 15 is 0 Å². The lowest BCUT2D eigenvalue weighted by atomic mass is 9.86. The van der Waals surface area contributed by atoms with Gasteiger partial charge in [-0.1, -0.05) is 48.0 Å². The molecule has 0 amide bonds. The fraction of sp³-hybridized carbons (Fsp3) is 0.194. The van der Waals surface area contributed by atoms with Crippen molar-refractivity contribution in [1.29, 1.82) is 0 Å². The monoisotopic (exact) mass is 479 g/mol. The van der Waals surface area contributed by atoms with Gasteiger partial charge in [-0.15, -0.1) is 0 Å². The van der Waals surface area contributed by atoms with Crippen LogP contribution in [0.3, 0.4) is 0 Å². The van der Waals surface area contributed by atoms with Gasteiger partial charge in [-0.2, -0.15) is 0 Å². The highest BCUT2D eigenvalue weighted by molar-refractivity contribution is 6.08. The van der Waals surface area contributed by atoms with E-state index in [1.807, 2.05) is 62.4 Å². The molecule has 0 spiro atoms. The molecule has 1 aromatic heterocycles. The Balaban J connectivity index is 1.52. The van der Waals surface area contributed by atoms with E-state index in [-0.39, 0.29) is 18.2 Å². The number of Topliss-reactive ketones (excluding diaryl/α,β-unsaturated/α-hetero) is 1. The molecule has 1 heterocycles. The average Bonchev–Trinajstić information content (AvgIpc) is 2.88. The molecule has 0 saturated heterocycles. The van der Waals surface area contributed by atoms with E-state index in [1.165, 1.54) is 12.1 Å². The zero-order valence-electron chi connectivity index (χ0n) is 20.3. The Morgan fingerprint density at radius 1 is 1.00 bits per heavy atom. The summed E-state index contributed by atoms with van der Waals surface area (Å²) < 4.78 is 19.0. The first-order valence-corrected chi connectivity index (χ1v) is 12.1. The van der Waals surface area contributed by atoms with E-state index < -0.39 is 5.97 Å². The molecule has 0 unspecified atom stereocenters. The molecule has 0 bridgehead atoms. The Bertz CT molecular complexity index is 1520. The third kappa shape index (κ3) is 4.69. The minimum absolute atomic E-state index is 0.228. The van der Waals surface area contributed by atoms with Crippen molar-refractivity contribution in [3.8, 4) is 0 Å². The molecular weight excluding hydrogens is 453 g/mol. The number of aromatic nitrogens is 1. The Labute approximate surface area is 209 Å². The molecule has 0 radical (unpaired) electrons. The SMILES string of the molecule is Cc1ccc(C)c(C(=O)COC(=O)c2c3c(nc4ccccc24)C(=Cc2ccc(F)cc2)CCC3)c1. The summed E-state index contributed by atoms with van der Waals surface area (Å²) in [5.41, 5.74) is 7.01. The van der Waals surface area contributed by atoms with Crippen molar-refractivity contribution >= 4 is 34.3 Å². The highest BCUT2D eigenvalue weighted by atomic mass is 19.1. The van der Waals surface area contributed by atoms with Crippen LogP contribution in [0.2, 0.25) is 0 Å². The van der Waals surface area contributed by atoms with Crippen molar-refractivity contribution in [2.24, 2.45) is 0 Å². The van der Waals surface area contributed by atoms with Crippen molar-refractivity contribution in [1.82, 2.24) is 4.98 Å². The van der Waals surface area contributed by atoms with Crippen molar-refractivity contribution in [2.75, 3.05) is 6.61 Å². The van der Waals surface area contributed by atoms with Crippen LogP contribution >= 0.6 is 0 Å². The first-order chi connectivity index (χ1) is 17.4. The van der Waals surface area contributed by atoms with Crippen molar-refractivity contribution in [3.05, 3.63) is 112 Å². The average molecular weight is 480 g/mol. The van der Waals surface area contributed by atoms with Crippen LogP contribution in [0.4, 0.5) is 4.39 Å². The van der Waals surface area contributed by atoms with Crippen LogP contribution in [0, 0.1) is 19.7 Å². The number of para-hydroxylation sites is 1. The molecule has 3 aromatic carbocycles. The zero-order chi connectivity index (χ0) is 25.2. The largest absolute Gasteiger partial charge is 0.454 e. The number of benzene rings is 3. The molecule has 0 aliphatic heterocycles. The predicted molar refractivity (Wildman–Crippen MR) is 139 cm³/mol. The normalized spacial score (nSPS) is 14.0. The molecule has 1 aliphatic carbocycles. The molecule has 0 atom stereocenters. The Hall–Kier alpha value is -4.12. The maximum Gasteiger partial charge on any atom is 0.339 e. The lowest BCUT2D eigenvalue weighted by Crippen LogP contribution is -2.19. The van der Waals surface area contributed by atoms with Gasteiger partial charge in [0.2, 0.25) is 5.78 Å². The van der Waals surface area contributed by atoms with Gasteiger partial charge < -0.3 is 4.74 Å². The lowest BCUT2D eigenvalue weighted by molar-refractivity contribution is 0.0475. The van der Waals surface area contributed by atoms with Crippen molar-refractivity contribution in [2.45, 2.75) is 33.1 Å². The molecule has 1 aliphatic rings. The fourth-order valence-electron chi connectivity index (χ4n) is 4.79. The number of esters is 1. The number of carbonyl (C=O) groups excluding carboxylic acids is 2. The van der Waals surface area contributed by atoms with Gasteiger partial charge in [-0.05, 0) is 85.7 Å². The number of hydrogen-bond acceptors (Lipinski definition) is 4. The number of ketones is 1. The highest BCUT2D eigenvalue weighted by Crippen LogP contribution is 2.36. The molecule has 0 N–H and O–H groups in total. The number of nitrogens with zero attached hydrogens (tertiary/aromatic N) is 1. The van der Waals surface area contributed by atoms with Crippen LogP contribution in [0.1, 0.15) is 61.5 Å². The summed E-state index contributed by atoms with van der Waals surface area (Å²) in [5, 5.41) is 0.712. The second-order valence-electron chi connectivity index (χ2n) is 9.22. The quantitative estimate of drug-likeness (QED) is 0.231. The third-order valence-electron chi connectivity index (χ3n) is 6.61. The smallest absolute Gasteiger partial charge is 0.339 e. The highest BCUT2D eigenvalue weighted by Gasteiger charge is 2.26. The van der Waals surface area contributed by atoms with E-state index in [1.54, 1.807) is 12.1 Å². The van der Waals surface area contributed by atoms with Gasteiger partial charge in [-0.25, -0.2) is 14.2 Å². The summed E-state index contributed by atoms with van der Waals surface area (Å²) in [6.07, 6.45) is 4.33. The Morgan fingerprint density at radius 2 is 1.78 bits per heavy atom. The molecule has 0 fully saturated rings. The van der Waals surface area contributed by atoms with Gasteiger partial charge in [0.05, 0.1) is 16.8 Å². The molecule has 0 saturated carbocycles. The standard InChI is InChI=1S/C31H26FNO3/c1-19-10-11-20(2)26(16-19)28(34)18-36-31(35)29-24-7-3-4-9-27(24)33-30-22(6-5-8-25(29)30)17-21-12-14-23(32)15-13-21/h3-4,7,9-17H,5-6,8,18H2,1-2H3. The summed E-state index contributed by atoms with van der Waals surface area (Å²) in [6.45, 7) is 3.47. The van der Waals surface area contributed by atoms with E-state index in [0.29, 0.717) is 28.5 Å². The van der Waals surface area contributed by atoms with Gasteiger partial charge in [0, 0.05) is 10.9 Å². The first-order valence-electron chi connectivity index (χ1n) is 12.1. The fourth-order valence-corrected chi connectivity index (χ4v) is 4.79. The minimum atomic E-state index is -0.522. The Morgan fingerprint density at radius 3 is 2.58 bits per heavy atom. The molecule has 36 heavy (non-hydrogen) atoms. The number of carbonyl (C=O) groups is 2. The third-order valence-corrected chi connectivity index (χ3v) is 6.61. The van der Waals surface area contributed by atoms with E-state index in [2.05, 4.69) is 0 Å². The molecular formula is C31H26FNO3. The van der Waals surface area contributed by atoms with Gasteiger partial charge in [0.1, 0.15) is 5.82 Å². The van der Waals surface area contributed by atoms with E-state index in [9.17, 15) is 14.0 Å². The molecule has 5 rings (SSSR count). The minimum Gasteiger partial charge on any atom is -0.454 e. The van der Waals surface area contributed by atoms with Crippen molar-refractivity contribution in [3.63, 3.8) is 0 Å². The number of aryl methyl sites for hydroxylation is 2. The number of fused-ring (bicyclic) bond motifs is 2. The van der Waals surface area contributed by atoms with Crippen LogP contribution in [0.25, 0.3) is 22.6 Å². The van der Waals surface area contributed by atoms with Crippen molar-refractivity contribution < 1.29 is 18.7 Å². The van der Waals surface area contributed by atoms with Crippen LogP contribution in [-0.4, -0.2) is 23.3 Å². The second-order valence-corrected chi connectivity index (χ2v) is 9.22. The number of pyridine rings is 1. The summed E-state index contributed by atoms with van der Waals surface area (Å²) in [6, 6.07) is 19.5. The molecule has 4 nitrogen and oxygen atoms in total. The number of ether oxygens (including phenoxy) is 1. The lowest BCUT2D eigenvalue weighted by Gasteiger charge is -2.22. The van der Waals surface area contributed by atoms with E-state index in [4.69, 9.17) is 9.72 Å². The van der Waals surface area contributed by atoms with E-state index in [0.717, 1.165) is 46.4 Å². The van der Waals surface area contributed by atoms with Gasteiger partial charge in [0.25, 0.3) is 0 Å². The number of hydrogen-bond donors (Lipinski definition) is 0. The predicted octanol–water partition coefficient (Wildman–Crippen LogP) is 6.91. The molecule has 4 aromatic rings. The summed E-state index contributed by atoms with van der Waals surface area (Å²) in [7, 11) is 0.